The van der Waals surface area contributed by atoms with Crippen LogP contribution in [0.4, 0.5) is 5.82 Å². The summed E-state index contributed by atoms with van der Waals surface area (Å²) < 4.78 is 6.75. The van der Waals surface area contributed by atoms with Crippen LogP contribution in [-0.2, 0) is 11.2 Å². The Kier molecular flexibility index (Phi) is 4.28. The highest BCUT2D eigenvalue weighted by molar-refractivity contribution is 5.91. The largest absolute Gasteiger partial charge is 0.481 e. The van der Waals surface area contributed by atoms with Crippen LogP contribution in [0.25, 0.3) is 5.69 Å². The minimum atomic E-state index is -0.155. The predicted molar refractivity (Wildman–Crippen MR) is 84.5 cm³/mol. The molecule has 7 nitrogen and oxygen atoms in total. The molecule has 2 aromatic heterocycles. The van der Waals surface area contributed by atoms with E-state index >= 15 is 0 Å². The third-order valence-corrected chi connectivity index (χ3v) is 3.19. The van der Waals surface area contributed by atoms with Gasteiger partial charge >= 0.3 is 0 Å². The first-order valence-corrected chi connectivity index (χ1v) is 6.99. The summed E-state index contributed by atoms with van der Waals surface area (Å²) in [7, 11) is 1.51. The number of methoxy groups -OCH3 is 1. The first kappa shape index (κ1) is 14.7. The van der Waals surface area contributed by atoms with Crippen molar-refractivity contribution >= 4 is 11.7 Å². The first-order chi connectivity index (χ1) is 11.2. The Morgan fingerprint density at radius 1 is 1.26 bits per heavy atom. The third kappa shape index (κ3) is 3.70. The zero-order valence-corrected chi connectivity index (χ0v) is 12.5. The highest BCUT2D eigenvalue weighted by Gasteiger charge is 2.07. The first-order valence-electron chi connectivity index (χ1n) is 6.99. The van der Waals surface area contributed by atoms with Gasteiger partial charge in [0, 0.05) is 18.5 Å². The van der Waals surface area contributed by atoms with E-state index < -0.39 is 0 Å². The van der Waals surface area contributed by atoms with Gasteiger partial charge in [-0.1, -0.05) is 12.1 Å². The zero-order chi connectivity index (χ0) is 16.1. The Morgan fingerprint density at radius 3 is 2.78 bits per heavy atom. The van der Waals surface area contributed by atoms with E-state index in [9.17, 15) is 4.79 Å². The fraction of sp³-hybridized carbons (Fsp3) is 0.125. The maximum absolute atomic E-state index is 12.1. The summed E-state index contributed by atoms with van der Waals surface area (Å²) >= 11 is 0. The molecule has 1 N–H and O–H groups in total. The molecule has 0 spiro atoms. The predicted octanol–water partition coefficient (Wildman–Crippen LogP) is 1.85. The molecule has 0 saturated heterocycles. The molecular formula is C16H15N5O2. The lowest BCUT2D eigenvalue weighted by molar-refractivity contribution is -0.115. The summed E-state index contributed by atoms with van der Waals surface area (Å²) in [6.45, 7) is 0. The van der Waals surface area contributed by atoms with Gasteiger partial charge in [-0.15, -0.1) is 0 Å². The number of carbonyl (C=O) groups is 1. The number of carbonyl (C=O) groups excluding carboxylic acids is 1. The van der Waals surface area contributed by atoms with Crippen LogP contribution in [0.1, 0.15) is 5.56 Å². The van der Waals surface area contributed by atoms with Crippen molar-refractivity contribution in [3.05, 3.63) is 60.7 Å². The summed E-state index contributed by atoms with van der Waals surface area (Å²) in [5, 5.41) is 6.88. The van der Waals surface area contributed by atoms with Gasteiger partial charge in [0.15, 0.2) is 0 Å². The van der Waals surface area contributed by atoms with Crippen molar-refractivity contribution in [2.45, 2.75) is 6.42 Å². The number of ether oxygens (including phenoxy) is 1. The molecule has 0 atom stereocenters. The molecule has 3 aromatic rings. The molecule has 116 valence electrons. The smallest absolute Gasteiger partial charge is 0.229 e. The number of amides is 1. The molecule has 0 unspecified atom stereocenters. The van der Waals surface area contributed by atoms with Gasteiger partial charge < -0.3 is 10.1 Å². The fourth-order valence-corrected chi connectivity index (χ4v) is 2.08. The summed E-state index contributed by atoms with van der Waals surface area (Å²) in [5.41, 5.74) is 1.85. The lowest BCUT2D eigenvalue weighted by Crippen LogP contribution is -2.15. The van der Waals surface area contributed by atoms with Gasteiger partial charge in [0.2, 0.25) is 11.8 Å². The molecule has 0 aliphatic heterocycles. The van der Waals surface area contributed by atoms with E-state index in [1.54, 1.807) is 16.9 Å². The second-order valence-electron chi connectivity index (χ2n) is 4.79. The SMILES string of the molecule is COc1cc(NC(=O)Cc2ccc(-n3cccn3)cc2)ncn1. The van der Waals surface area contributed by atoms with Gasteiger partial charge in [-0.3, -0.25) is 4.79 Å². The number of aromatic nitrogens is 4. The van der Waals surface area contributed by atoms with E-state index in [2.05, 4.69) is 20.4 Å². The molecule has 1 aromatic carbocycles. The fourth-order valence-electron chi connectivity index (χ4n) is 2.08. The Labute approximate surface area is 133 Å². The van der Waals surface area contributed by atoms with Gasteiger partial charge in [-0.2, -0.15) is 5.10 Å². The van der Waals surface area contributed by atoms with Gasteiger partial charge in [-0.25, -0.2) is 14.6 Å². The number of nitrogens with zero attached hydrogens (tertiary/aromatic N) is 4. The van der Waals surface area contributed by atoms with Crippen LogP contribution in [-0.4, -0.2) is 32.8 Å². The lowest BCUT2D eigenvalue weighted by Gasteiger charge is -2.06. The van der Waals surface area contributed by atoms with E-state index in [1.165, 1.54) is 13.4 Å². The third-order valence-electron chi connectivity index (χ3n) is 3.19. The normalized spacial score (nSPS) is 10.3. The number of anilines is 1. The molecular weight excluding hydrogens is 294 g/mol. The highest BCUT2D eigenvalue weighted by atomic mass is 16.5. The number of benzene rings is 1. The lowest BCUT2D eigenvalue weighted by atomic mass is 10.1. The van der Waals surface area contributed by atoms with E-state index in [4.69, 9.17) is 4.74 Å². The minimum absolute atomic E-state index is 0.155. The van der Waals surface area contributed by atoms with Gasteiger partial charge in [-0.05, 0) is 23.8 Å². The van der Waals surface area contributed by atoms with Crippen molar-refractivity contribution in [3.8, 4) is 11.6 Å². The van der Waals surface area contributed by atoms with Crippen molar-refractivity contribution in [3.63, 3.8) is 0 Å². The van der Waals surface area contributed by atoms with Crippen LogP contribution in [0.2, 0.25) is 0 Å². The Morgan fingerprint density at radius 2 is 2.09 bits per heavy atom. The quantitative estimate of drug-likeness (QED) is 0.778. The second kappa shape index (κ2) is 6.69. The maximum Gasteiger partial charge on any atom is 0.229 e. The second-order valence-corrected chi connectivity index (χ2v) is 4.79. The zero-order valence-electron chi connectivity index (χ0n) is 12.5. The van der Waals surface area contributed by atoms with Gasteiger partial charge in [0.25, 0.3) is 0 Å². The number of rotatable bonds is 5. The summed E-state index contributed by atoms with van der Waals surface area (Å²) in [5.74, 6) is 0.659. The van der Waals surface area contributed by atoms with Crippen molar-refractivity contribution in [1.82, 2.24) is 19.7 Å². The molecule has 0 fully saturated rings. The van der Waals surface area contributed by atoms with Crippen LogP contribution >= 0.6 is 0 Å². The standard InChI is InChI=1S/C16H15N5O2/c1-23-16-10-14(17-11-18-16)20-15(22)9-12-3-5-13(6-4-12)21-8-2-7-19-21/h2-8,10-11H,9H2,1H3,(H,17,18,20,22). The summed E-state index contributed by atoms with van der Waals surface area (Å²) in [6, 6.07) is 11.1. The van der Waals surface area contributed by atoms with Gasteiger partial charge in [0.05, 0.1) is 19.2 Å². The number of hydrogen-bond acceptors (Lipinski definition) is 5. The average Bonchev–Trinajstić information content (AvgIpc) is 3.10. The van der Waals surface area contributed by atoms with Crippen molar-refractivity contribution in [2.24, 2.45) is 0 Å². The van der Waals surface area contributed by atoms with Crippen LogP contribution in [0.5, 0.6) is 5.88 Å². The molecule has 2 heterocycles. The summed E-state index contributed by atoms with van der Waals surface area (Å²) in [6.07, 6.45) is 5.18. The maximum atomic E-state index is 12.1. The molecule has 0 aliphatic carbocycles. The number of hydrogen-bond donors (Lipinski definition) is 1. The van der Waals surface area contributed by atoms with E-state index in [-0.39, 0.29) is 12.3 Å². The van der Waals surface area contributed by atoms with Crippen molar-refractivity contribution in [2.75, 3.05) is 12.4 Å². The minimum Gasteiger partial charge on any atom is -0.481 e. The monoisotopic (exact) mass is 309 g/mol. The Hall–Kier alpha value is -3.22. The van der Waals surface area contributed by atoms with Crippen LogP contribution in [0.15, 0.2) is 55.1 Å². The van der Waals surface area contributed by atoms with Gasteiger partial charge in [0.1, 0.15) is 12.1 Å². The molecule has 1 amide bonds. The molecule has 23 heavy (non-hydrogen) atoms. The topological polar surface area (TPSA) is 81.9 Å². The Balaban J connectivity index is 1.63. The van der Waals surface area contributed by atoms with Crippen LogP contribution in [0.3, 0.4) is 0 Å². The van der Waals surface area contributed by atoms with Crippen LogP contribution in [0, 0.1) is 0 Å². The van der Waals surface area contributed by atoms with Crippen LogP contribution < -0.4 is 10.1 Å². The highest BCUT2D eigenvalue weighted by Crippen LogP contribution is 2.12. The molecule has 0 saturated carbocycles. The molecule has 7 heteroatoms. The summed E-state index contributed by atoms with van der Waals surface area (Å²) in [4.78, 5) is 19.9. The van der Waals surface area contributed by atoms with E-state index in [1.807, 2.05) is 36.5 Å². The van der Waals surface area contributed by atoms with Crippen molar-refractivity contribution < 1.29 is 9.53 Å². The van der Waals surface area contributed by atoms with E-state index in [0.717, 1.165) is 11.3 Å². The molecule has 0 radical (unpaired) electrons. The molecule has 3 rings (SSSR count). The Bertz CT molecular complexity index is 784. The number of nitrogens with one attached hydrogen (secondary N) is 1. The average molecular weight is 309 g/mol. The van der Waals surface area contributed by atoms with E-state index in [0.29, 0.717) is 11.7 Å². The molecule has 0 aliphatic rings. The van der Waals surface area contributed by atoms with Crippen molar-refractivity contribution in [1.29, 1.82) is 0 Å². The molecule has 0 bridgehead atoms.